The van der Waals surface area contributed by atoms with Crippen LogP contribution in [0.1, 0.15) is 248 Å². The molecule has 0 bridgehead atoms. The van der Waals surface area contributed by atoms with Crippen LogP contribution < -0.4 is 17.0 Å². The monoisotopic (exact) mass is 1030 g/mol. The standard InChI is InChI=1S/C29H50O2.C26H44O2.C4H8O.C3H5.BrH.Mg/c1-5-29(31)17-16-27(3)21(18-29)9-10-22-24-12-11-23(28(24,4)15-14-25(22)27)19(2)6-13-26(30)20-7-8-20;1-5-26(28)15-14-24(3)19(17-26)8-9-20-22-11-10-21(18(2)7-6-16-27)25(22,4)13-12-23(20)24;1-2-4-5-3-1;1-2-3-1;;/h19-26,30-31H,5-18H2,1-4H3;16,18-23,28H,5-15,17H2,1-4H3;1-4H2;1H,2-3H2;1H;/q;;;-1;;+2/p-1/t19-,21+,22+,23-,24+,25+,26?,27+,28-,29+;18-,19+,20+,21-,22+,23+,24+,25-,26+;;;;/m11..../s1. The summed E-state index contributed by atoms with van der Waals surface area (Å²) >= 11 is 0. The number of carbonyl (C=O) groups is 1. The molecule has 1 heterocycles. The zero-order valence-electron chi connectivity index (χ0n) is 46.1. The Morgan fingerprint density at radius 1 is 0.580 bits per heavy atom. The molecule has 394 valence electrons. The molecule has 1 unspecified atom stereocenters. The van der Waals surface area contributed by atoms with Gasteiger partial charge in [-0.25, -0.2) is 12.8 Å². The number of aliphatic hydroxyl groups excluding tert-OH is 1. The largest absolute Gasteiger partial charge is 2.00 e. The molecular formula is C62H107BrMgO5. The van der Waals surface area contributed by atoms with Gasteiger partial charge >= 0.3 is 23.1 Å². The molecule has 10 saturated carbocycles. The van der Waals surface area contributed by atoms with E-state index in [2.05, 4.69) is 61.8 Å². The molecule has 0 amide bonds. The number of fused-ring (bicyclic) bond motifs is 10. The summed E-state index contributed by atoms with van der Waals surface area (Å²) in [5.41, 5.74) is 1.22. The average Bonchev–Trinajstić information content (AvgIpc) is 4.26. The van der Waals surface area contributed by atoms with Gasteiger partial charge in [0.05, 0.1) is 17.3 Å². The third kappa shape index (κ3) is 12.5. The summed E-state index contributed by atoms with van der Waals surface area (Å²) in [5.74, 6) is 10.7. The number of aldehydes is 1. The quantitative estimate of drug-likeness (QED) is 0.109. The van der Waals surface area contributed by atoms with Crippen molar-refractivity contribution in [3.8, 4) is 0 Å². The van der Waals surface area contributed by atoms with Crippen LogP contribution in [0.5, 0.6) is 0 Å². The second-order valence-corrected chi connectivity index (χ2v) is 27.7. The maximum Gasteiger partial charge on any atom is 2.00 e. The molecule has 0 radical (unpaired) electrons. The number of ether oxygens (including phenoxy) is 1. The van der Waals surface area contributed by atoms with E-state index >= 15 is 0 Å². The van der Waals surface area contributed by atoms with Crippen molar-refractivity contribution in [3.05, 3.63) is 6.42 Å². The molecular weight excluding hydrogens is 929 g/mol. The van der Waals surface area contributed by atoms with Crippen LogP contribution >= 0.6 is 0 Å². The Kier molecular flexibility index (Phi) is 20.9. The van der Waals surface area contributed by atoms with Crippen molar-refractivity contribution < 1.29 is 41.8 Å². The summed E-state index contributed by atoms with van der Waals surface area (Å²) in [6, 6.07) is 0. The normalized spacial score (nSPS) is 46.9. The van der Waals surface area contributed by atoms with Gasteiger partial charge in [-0.2, -0.15) is 0 Å². The van der Waals surface area contributed by atoms with E-state index in [9.17, 15) is 20.1 Å². The molecule has 0 spiro atoms. The number of rotatable bonds is 11. The fourth-order valence-corrected chi connectivity index (χ4v) is 19.6. The number of halogens is 1. The second kappa shape index (κ2) is 24.4. The smallest absolute Gasteiger partial charge is 1.00 e. The van der Waals surface area contributed by atoms with Gasteiger partial charge in [-0.3, -0.25) is 0 Å². The first-order valence-electron chi connectivity index (χ1n) is 29.9. The van der Waals surface area contributed by atoms with Crippen molar-refractivity contribution in [1.29, 1.82) is 0 Å². The summed E-state index contributed by atoms with van der Waals surface area (Å²) in [5, 5.41) is 32.4. The van der Waals surface area contributed by atoms with Crippen molar-refractivity contribution in [2.45, 2.75) is 265 Å². The summed E-state index contributed by atoms with van der Waals surface area (Å²) in [7, 11) is 0. The topological polar surface area (TPSA) is 87.0 Å². The van der Waals surface area contributed by atoms with E-state index in [1.54, 1.807) is 0 Å². The van der Waals surface area contributed by atoms with Gasteiger partial charge in [0.15, 0.2) is 0 Å². The predicted octanol–water partition coefficient (Wildman–Crippen LogP) is 11.8. The fourth-order valence-electron chi connectivity index (χ4n) is 19.6. The van der Waals surface area contributed by atoms with Crippen molar-refractivity contribution in [2.75, 3.05) is 13.2 Å². The zero-order valence-corrected chi connectivity index (χ0v) is 49.1. The summed E-state index contributed by atoms with van der Waals surface area (Å²) < 4.78 is 4.94. The third-order valence-electron chi connectivity index (χ3n) is 24.4. The number of aliphatic hydroxyl groups is 3. The van der Waals surface area contributed by atoms with E-state index in [0.717, 1.165) is 142 Å². The average molecular weight is 1040 g/mol. The summed E-state index contributed by atoms with van der Waals surface area (Å²) in [6.07, 6.45) is 40.7. The summed E-state index contributed by atoms with van der Waals surface area (Å²) in [4.78, 5) is 10.9. The number of carbonyl (C=O) groups excluding carboxylic acids is 1. The first-order valence-corrected chi connectivity index (χ1v) is 29.9. The maximum absolute atomic E-state index is 11.0. The zero-order chi connectivity index (χ0) is 47.8. The number of hydrogen-bond acceptors (Lipinski definition) is 5. The van der Waals surface area contributed by atoms with Crippen LogP contribution in [0.15, 0.2) is 0 Å². The van der Waals surface area contributed by atoms with Gasteiger partial charge in [-0.15, -0.1) is 0 Å². The van der Waals surface area contributed by atoms with Gasteiger partial charge in [-0.1, -0.05) is 55.4 Å². The Bertz CT molecular complexity index is 1590. The van der Waals surface area contributed by atoms with Gasteiger partial charge in [0.25, 0.3) is 0 Å². The molecule has 1 saturated heterocycles. The molecule has 1 aliphatic heterocycles. The van der Waals surface area contributed by atoms with Gasteiger partial charge in [-0.05, 0) is 272 Å². The first kappa shape index (κ1) is 59.0. The van der Waals surface area contributed by atoms with Crippen molar-refractivity contribution in [3.63, 3.8) is 0 Å². The minimum atomic E-state index is -0.382. The van der Waals surface area contributed by atoms with Crippen LogP contribution in [-0.4, -0.2) is 75.2 Å². The molecule has 0 aromatic rings. The molecule has 11 rings (SSSR count). The first-order chi connectivity index (χ1) is 32.0. The molecule has 0 aromatic heterocycles. The molecule has 10 aliphatic carbocycles. The predicted molar refractivity (Wildman–Crippen MR) is 282 cm³/mol. The summed E-state index contributed by atoms with van der Waals surface area (Å²) in [6.45, 7) is 21.8. The Morgan fingerprint density at radius 3 is 1.39 bits per heavy atom. The van der Waals surface area contributed by atoms with Crippen LogP contribution in [0.2, 0.25) is 0 Å². The molecule has 0 aromatic carbocycles. The minimum Gasteiger partial charge on any atom is -1.00 e. The van der Waals surface area contributed by atoms with Gasteiger partial charge < -0.3 is 48.3 Å². The van der Waals surface area contributed by atoms with E-state index in [1.165, 1.54) is 135 Å². The molecule has 19 atom stereocenters. The van der Waals surface area contributed by atoms with Crippen molar-refractivity contribution in [2.24, 2.45) is 98.6 Å². The van der Waals surface area contributed by atoms with Crippen molar-refractivity contribution in [1.82, 2.24) is 0 Å². The SMILES string of the molecule is C1CCOC1.CC[C@]1(O)CC[C@@]2(C)[C@@H](CC[C@@H]3[C@@H]2CC[C@]2(C)[C@@H]([C@H](C)CCC(O)C4CC4)CC[C@@H]32)C1.CC[C@]1(O)CC[C@@]2(C)[C@@H](CC[C@@H]3[C@@H]2CC[C@]2(C)[C@@H]([C@H](C)CCC=O)CC[C@@H]32)C1.[Br-].[CH-]1CC1.[Mg+2]. The Morgan fingerprint density at radius 2 is 1.01 bits per heavy atom. The molecule has 7 heteroatoms. The molecule has 11 fully saturated rings. The van der Waals surface area contributed by atoms with E-state index in [4.69, 9.17) is 4.74 Å². The van der Waals surface area contributed by atoms with Crippen LogP contribution in [0, 0.1) is 105 Å². The van der Waals surface area contributed by atoms with E-state index in [-0.39, 0.29) is 57.3 Å². The Balaban J connectivity index is 0.000000190. The third-order valence-corrected chi connectivity index (χ3v) is 24.4. The minimum absolute atomic E-state index is 0. The van der Waals surface area contributed by atoms with Gasteiger partial charge in [0.2, 0.25) is 0 Å². The molecule has 3 N–H and O–H groups in total. The van der Waals surface area contributed by atoms with E-state index in [0.29, 0.717) is 33.5 Å². The Labute approximate surface area is 451 Å². The van der Waals surface area contributed by atoms with E-state index < -0.39 is 0 Å². The molecule has 5 nitrogen and oxygen atoms in total. The van der Waals surface area contributed by atoms with Crippen LogP contribution in [0.4, 0.5) is 0 Å². The fraction of sp³-hybridized carbons (Fsp3) is 0.968. The molecule has 69 heavy (non-hydrogen) atoms. The number of hydrogen-bond donors (Lipinski definition) is 3. The van der Waals surface area contributed by atoms with Crippen molar-refractivity contribution >= 4 is 29.3 Å². The Hall–Kier alpha value is 0.756. The van der Waals surface area contributed by atoms with Gasteiger partial charge in [0, 0.05) is 19.6 Å². The van der Waals surface area contributed by atoms with Crippen LogP contribution in [0.3, 0.4) is 0 Å². The van der Waals surface area contributed by atoms with Crippen LogP contribution in [0.25, 0.3) is 0 Å². The molecule has 11 aliphatic rings. The van der Waals surface area contributed by atoms with Gasteiger partial charge in [0.1, 0.15) is 6.29 Å². The second-order valence-electron chi connectivity index (χ2n) is 27.7. The van der Waals surface area contributed by atoms with E-state index in [1.807, 2.05) is 0 Å². The maximum atomic E-state index is 11.0. The van der Waals surface area contributed by atoms with Crippen LogP contribution in [-0.2, 0) is 9.53 Å².